The molecule has 2 N–H and O–H groups in total. The lowest BCUT2D eigenvalue weighted by Crippen LogP contribution is -2.37. The van der Waals surface area contributed by atoms with E-state index in [0.717, 1.165) is 12.0 Å². The quantitative estimate of drug-likeness (QED) is 0.846. The first-order chi connectivity index (χ1) is 9.02. The molecule has 1 aromatic rings. The summed E-state index contributed by atoms with van der Waals surface area (Å²) in [5.74, 6) is -0.422. The third kappa shape index (κ3) is 5.94. The smallest absolute Gasteiger partial charge is 0.239 e. The maximum atomic E-state index is 11.6. The Hall–Kier alpha value is -1.26. The van der Waals surface area contributed by atoms with Crippen LogP contribution in [0.5, 0.6) is 0 Å². The molecule has 19 heavy (non-hydrogen) atoms. The minimum Gasteiger partial charge on any atom is -0.355 e. The van der Waals surface area contributed by atoms with E-state index in [2.05, 4.69) is 10.6 Å². The highest BCUT2D eigenvalue weighted by atomic mass is 35.5. The zero-order valence-corrected chi connectivity index (χ0v) is 12.1. The van der Waals surface area contributed by atoms with E-state index in [1.807, 2.05) is 6.92 Å². The van der Waals surface area contributed by atoms with E-state index in [1.54, 1.807) is 18.2 Å². The number of amides is 2. The molecule has 1 rings (SSSR count). The molecule has 0 heterocycles. The molecule has 0 saturated heterocycles. The molecule has 0 radical (unpaired) electrons. The van der Waals surface area contributed by atoms with Crippen molar-refractivity contribution in [2.75, 3.05) is 13.1 Å². The molecule has 0 aliphatic heterocycles. The van der Waals surface area contributed by atoms with Crippen LogP contribution in [0.1, 0.15) is 18.9 Å². The summed E-state index contributed by atoms with van der Waals surface area (Å²) in [5.41, 5.74) is 0.751. The molecule has 4 nitrogen and oxygen atoms in total. The fourth-order valence-electron chi connectivity index (χ4n) is 1.40. The fraction of sp³-hybridized carbons (Fsp3) is 0.385. The first-order valence-electron chi connectivity index (χ1n) is 6.00. The highest BCUT2D eigenvalue weighted by Crippen LogP contribution is 2.22. The molecule has 0 unspecified atom stereocenters. The molecule has 0 atom stereocenters. The number of hydrogen-bond donors (Lipinski definition) is 2. The van der Waals surface area contributed by atoms with E-state index in [9.17, 15) is 9.59 Å². The van der Waals surface area contributed by atoms with E-state index in [-0.39, 0.29) is 24.8 Å². The molecule has 0 aromatic heterocycles. The van der Waals surface area contributed by atoms with Crippen LogP contribution in [-0.4, -0.2) is 24.9 Å². The molecule has 1 aromatic carbocycles. The summed E-state index contributed by atoms with van der Waals surface area (Å²) in [4.78, 5) is 22.9. The number of halogens is 2. The third-order valence-electron chi connectivity index (χ3n) is 2.37. The van der Waals surface area contributed by atoms with Gasteiger partial charge in [0, 0.05) is 6.54 Å². The van der Waals surface area contributed by atoms with Crippen LogP contribution in [0.15, 0.2) is 18.2 Å². The largest absolute Gasteiger partial charge is 0.355 e. The Morgan fingerprint density at radius 2 is 1.84 bits per heavy atom. The van der Waals surface area contributed by atoms with E-state index < -0.39 is 0 Å². The predicted molar refractivity (Wildman–Crippen MR) is 76.5 cm³/mol. The van der Waals surface area contributed by atoms with Gasteiger partial charge in [0.05, 0.1) is 23.0 Å². The minimum atomic E-state index is -0.231. The minimum absolute atomic E-state index is 0.0137. The summed E-state index contributed by atoms with van der Waals surface area (Å²) >= 11 is 11.6. The van der Waals surface area contributed by atoms with Gasteiger partial charge in [0.1, 0.15) is 0 Å². The number of carbonyl (C=O) groups excluding carboxylic acids is 2. The van der Waals surface area contributed by atoms with Crippen molar-refractivity contribution in [2.45, 2.75) is 19.8 Å². The Labute approximate surface area is 122 Å². The van der Waals surface area contributed by atoms with Crippen molar-refractivity contribution in [3.63, 3.8) is 0 Å². The third-order valence-corrected chi connectivity index (χ3v) is 3.11. The van der Waals surface area contributed by atoms with Crippen molar-refractivity contribution < 1.29 is 9.59 Å². The van der Waals surface area contributed by atoms with Crippen LogP contribution in [0.3, 0.4) is 0 Å². The van der Waals surface area contributed by atoms with E-state index in [0.29, 0.717) is 16.6 Å². The van der Waals surface area contributed by atoms with E-state index in [1.165, 1.54) is 0 Å². The highest BCUT2D eigenvalue weighted by molar-refractivity contribution is 6.42. The molecule has 104 valence electrons. The lowest BCUT2D eigenvalue weighted by molar-refractivity contribution is -0.125. The molecule has 0 spiro atoms. The van der Waals surface area contributed by atoms with Gasteiger partial charge in [0.25, 0.3) is 0 Å². The van der Waals surface area contributed by atoms with Crippen LogP contribution in [0, 0.1) is 0 Å². The second-order valence-corrected chi connectivity index (χ2v) is 4.87. The summed E-state index contributed by atoms with van der Waals surface area (Å²) < 4.78 is 0. The summed E-state index contributed by atoms with van der Waals surface area (Å²) in [7, 11) is 0. The van der Waals surface area contributed by atoms with Crippen LogP contribution in [0.2, 0.25) is 10.0 Å². The summed E-state index contributed by atoms with van der Waals surface area (Å²) in [6.07, 6.45) is 1.03. The molecular formula is C13H16Cl2N2O2. The summed E-state index contributed by atoms with van der Waals surface area (Å²) in [5, 5.41) is 6.08. The second-order valence-electron chi connectivity index (χ2n) is 4.05. The predicted octanol–water partition coefficient (Wildman–Crippen LogP) is 2.18. The molecule has 6 heteroatoms. The van der Waals surface area contributed by atoms with Crippen LogP contribution in [0.4, 0.5) is 0 Å². The van der Waals surface area contributed by atoms with Gasteiger partial charge in [-0.2, -0.15) is 0 Å². The average Bonchev–Trinajstić information content (AvgIpc) is 2.38. The van der Waals surface area contributed by atoms with Crippen molar-refractivity contribution in [1.82, 2.24) is 10.6 Å². The first-order valence-corrected chi connectivity index (χ1v) is 6.76. The van der Waals surface area contributed by atoms with Gasteiger partial charge in [-0.3, -0.25) is 9.59 Å². The van der Waals surface area contributed by atoms with Crippen LogP contribution < -0.4 is 10.6 Å². The number of nitrogens with one attached hydrogen (secondary N) is 2. The monoisotopic (exact) mass is 302 g/mol. The van der Waals surface area contributed by atoms with Crippen LogP contribution in [-0.2, 0) is 16.0 Å². The van der Waals surface area contributed by atoms with E-state index in [4.69, 9.17) is 23.2 Å². The summed E-state index contributed by atoms with van der Waals surface area (Å²) in [6, 6.07) is 5.01. The number of benzene rings is 1. The molecular weight excluding hydrogens is 287 g/mol. The Morgan fingerprint density at radius 1 is 1.11 bits per heavy atom. The molecule has 0 fully saturated rings. The second kappa shape index (κ2) is 8.02. The highest BCUT2D eigenvalue weighted by Gasteiger charge is 2.07. The SMILES string of the molecule is CCCNC(=O)CNC(=O)Cc1ccc(Cl)c(Cl)c1. The Bertz CT molecular complexity index is 464. The number of carbonyl (C=O) groups is 2. The number of rotatable bonds is 6. The van der Waals surface area contributed by atoms with Crippen molar-refractivity contribution in [2.24, 2.45) is 0 Å². The van der Waals surface area contributed by atoms with Gasteiger partial charge in [0.15, 0.2) is 0 Å². The normalized spacial score (nSPS) is 10.1. The Kier molecular flexibility index (Phi) is 6.67. The average molecular weight is 303 g/mol. The molecule has 2 amide bonds. The van der Waals surface area contributed by atoms with Gasteiger partial charge in [0.2, 0.25) is 11.8 Å². The first kappa shape index (κ1) is 15.8. The van der Waals surface area contributed by atoms with Gasteiger partial charge in [-0.15, -0.1) is 0 Å². The molecule has 0 bridgehead atoms. The lowest BCUT2D eigenvalue weighted by atomic mass is 10.1. The van der Waals surface area contributed by atoms with Gasteiger partial charge in [-0.25, -0.2) is 0 Å². The molecule has 0 aliphatic carbocycles. The van der Waals surface area contributed by atoms with Gasteiger partial charge in [-0.1, -0.05) is 36.2 Å². The maximum Gasteiger partial charge on any atom is 0.239 e. The zero-order valence-electron chi connectivity index (χ0n) is 10.6. The lowest BCUT2D eigenvalue weighted by Gasteiger charge is -2.06. The van der Waals surface area contributed by atoms with Crippen molar-refractivity contribution in [3.8, 4) is 0 Å². The van der Waals surface area contributed by atoms with Crippen molar-refractivity contribution in [3.05, 3.63) is 33.8 Å². The Morgan fingerprint density at radius 3 is 2.47 bits per heavy atom. The standard InChI is InChI=1S/C13H16Cl2N2O2/c1-2-5-16-13(19)8-17-12(18)7-9-3-4-10(14)11(15)6-9/h3-4,6H,2,5,7-8H2,1H3,(H,16,19)(H,17,18). The number of hydrogen-bond acceptors (Lipinski definition) is 2. The Balaban J connectivity index is 2.38. The summed E-state index contributed by atoms with van der Waals surface area (Å²) in [6.45, 7) is 2.56. The topological polar surface area (TPSA) is 58.2 Å². The fourth-order valence-corrected chi connectivity index (χ4v) is 1.72. The van der Waals surface area contributed by atoms with Gasteiger partial charge < -0.3 is 10.6 Å². The van der Waals surface area contributed by atoms with Gasteiger partial charge in [-0.05, 0) is 24.1 Å². The molecule has 0 saturated carbocycles. The van der Waals surface area contributed by atoms with Crippen LogP contribution in [0.25, 0.3) is 0 Å². The van der Waals surface area contributed by atoms with Crippen molar-refractivity contribution in [1.29, 1.82) is 0 Å². The van der Waals surface area contributed by atoms with Gasteiger partial charge >= 0.3 is 0 Å². The zero-order chi connectivity index (χ0) is 14.3. The van der Waals surface area contributed by atoms with E-state index >= 15 is 0 Å². The molecule has 0 aliphatic rings. The van der Waals surface area contributed by atoms with Crippen molar-refractivity contribution >= 4 is 35.0 Å². The van der Waals surface area contributed by atoms with Crippen LogP contribution >= 0.6 is 23.2 Å². The maximum absolute atomic E-state index is 11.6.